The number of aromatic nitrogens is 1. The average Bonchev–Trinajstić information content (AvgIpc) is 2.93. The summed E-state index contributed by atoms with van der Waals surface area (Å²) in [4.78, 5) is 47.9. The first-order chi connectivity index (χ1) is 18.3. The van der Waals surface area contributed by atoms with Crippen LogP contribution in [0.1, 0.15) is 47.8 Å². The van der Waals surface area contributed by atoms with E-state index >= 15 is 0 Å². The van der Waals surface area contributed by atoms with Crippen molar-refractivity contribution in [3.05, 3.63) is 94.3 Å². The molecule has 8 nitrogen and oxygen atoms in total. The van der Waals surface area contributed by atoms with Crippen LogP contribution in [0.15, 0.2) is 60.9 Å². The Hall–Kier alpha value is -4.82. The second kappa shape index (κ2) is 8.64. The third-order valence-corrected chi connectivity index (χ3v) is 7.25. The molecule has 0 saturated heterocycles. The van der Waals surface area contributed by atoms with Crippen molar-refractivity contribution in [1.82, 2.24) is 4.98 Å². The summed E-state index contributed by atoms with van der Waals surface area (Å²) in [6.07, 6.45) is 6.55. The highest BCUT2D eigenvalue weighted by molar-refractivity contribution is 6.24. The number of hydroxylamine groups is 1. The van der Waals surface area contributed by atoms with Crippen LogP contribution < -0.4 is 5.06 Å². The molecule has 0 aliphatic heterocycles. The average molecular weight is 507 g/mol. The number of rotatable bonds is 3. The van der Waals surface area contributed by atoms with Crippen LogP contribution in [0.4, 0.5) is 5.69 Å². The molecule has 3 aromatic carbocycles. The number of phenolic OH excluding ortho intramolecular Hbond substituents is 2. The highest BCUT2D eigenvalue weighted by Crippen LogP contribution is 2.50. The van der Waals surface area contributed by atoms with Crippen molar-refractivity contribution in [2.45, 2.75) is 19.8 Å². The lowest BCUT2D eigenvalue weighted by Gasteiger charge is -2.26. The van der Waals surface area contributed by atoms with Gasteiger partial charge in [-0.3, -0.25) is 24.2 Å². The Bertz CT molecular complexity index is 1740. The molecule has 2 N–H and O–H groups in total. The summed E-state index contributed by atoms with van der Waals surface area (Å²) in [5.41, 5.74) is 4.36. The van der Waals surface area contributed by atoms with Gasteiger partial charge in [0.15, 0.2) is 11.6 Å². The molecule has 2 aliphatic rings. The molecule has 1 heterocycles. The maximum absolute atomic E-state index is 13.6. The lowest BCUT2D eigenvalue weighted by atomic mass is 9.80. The largest absolute Gasteiger partial charge is 0.507 e. The number of anilines is 1. The number of amides is 1. The zero-order valence-electron chi connectivity index (χ0n) is 20.6. The first-order valence-electron chi connectivity index (χ1n) is 12.0. The Balaban J connectivity index is 1.56. The van der Waals surface area contributed by atoms with Gasteiger partial charge in [-0.1, -0.05) is 6.07 Å². The van der Waals surface area contributed by atoms with E-state index in [2.05, 4.69) is 4.98 Å². The lowest BCUT2D eigenvalue weighted by molar-refractivity contribution is 0.0772. The van der Waals surface area contributed by atoms with Crippen molar-refractivity contribution >= 4 is 33.9 Å². The number of carbonyl (C=O) groups is 3. The van der Waals surface area contributed by atoms with E-state index in [4.69, 9.17) is 4.84 Å². The van der Waals surface area contributed by atoms with Gasteiger partial charge in [0.1, 0.15) is 11.5 Å². The Morgan fingerprint density at radius 1 is 0.947 bits per heavy atom. The number of ketones is 2. The predicted molar refractivity (Wildman–Crippen MR) is 141 cm³/mol. The minimum atomic E-state index is -0.414. The van der Waals surface area contributed by atoms with Gasteiger partial charge in [0.25, 0.3) is 5.91 Å². The standard InChI is InChI=1S/C30H22N2O6/c1-15-10-16-5-6-18-27(20(16)11-19(15)30(37)32(38-2)17-4-3-9-31-14-17)29(36)24-13-22-21(12-23(24)28(18)35)25(33)7-8-26(22)34/h3-4,7-14,35-36H,5-6H2,1-2H3. The minimum absolute atomic E-state index is 0.0571. The molecule has 8 heteroatoms. The number of hydrogen-bond acceptors (Lipinski definition) is 7. The van der Waals surface area contributed by atoms with Gasteiger partial charge in [-0.2, -0.15) is 5.06 Å². The molecule has 0 bridgehead atoms. The zero-order valence-corrected chi connectivity index (χ0v) is 20.6. The van der Waals surface area contributed by atoms with Gasteiger partial charge in [-0.25, -0.2) is 0 Å². The monoisotopic (exact) mass is 506 g/mol. The smallest absolute Gasteiger partial charge is 0.282 e. The van der Waals surface area contributed by atoms with E-state index in [0.717, 1.165) is 16.2 Å². The van der Waals surface area contributed by atoms with Crippen LogP contribution in [-0.4, -0.2) is 39.8 Å². The first kappa shape index (κ1) is 23.6. The Kier molecular flexibility index (Phi) is 5.36. The fourth-order valence-corrected chi connectivity index (χ4v) is 5.41. The number of pyridine rings is 1. The molecule has 6 rings (SSSR count). The van der Waals surface area contributed by atoms with Crippen molar-refractivity contribution in [3.8, 4) is 22.6 Å². The molecule has 0 radical (unpaired) electrons. The topological polar surface area (TPSA) is 117 Å². The molecule has 1 aromatic heterocycles. The van der Waals surface area contributed by atoms with Crippen molar-refractivity contribution < 1.29 is 29.4 Å². The summed E-state index contributed by atoms with van der Waals surface area (Å²) >= 11 is 0. The second-order valence-corrected chi connectivity index (χ2v) is 9.37. The van der Waals surface area contributed by atoms with Crippen LogP contribution in [0.5, 0.6) is 11.5 Å². The van der Waals surface area contributed by atoms with Gasteiger partial charge >= 0.3 is 0 Å². The van der Waals surface area contributed by atoms with Gasteiger partial charge in [0.05, 0.1) is 19.0 Å². The fourth-order valence-electron chi connectivity index (χ4n) is 5.41. The third kappa shape index (κ3) is 3.42. The van der Waals surface area contributed by atoms with Gasteiger partial charge in [-0.05, 0) is 78.9 Å². The number of benzene rings is 3. The molecule has 0 unspecified atom stereocenters. The summed E-state index contributed by atoms with van der Waals surface area (Å²) in [7, 11) is 1.39. The first-order valence-corrected chi connectivity index (χ1v) is 12.0. The molecule has 0 spiro atoms. The number of aromatic hydroxyl groups is 2. The second-order valence-electron chi connectivity index (χ2n) is 9.37. The highest BCUT2D eigenvalue weighted by Gasteiger charge is 2.30. The number of hydrogen-bond donors (Lipinski definition) is 2. The lowest BCUT2D eigenvalue weighted by Crippen LogP contribution is -2.30. The minimum Gasteiger partial charge on any atom is -0.507 e. The van der Waals surface area contributed by atoms with Crippen LogP contribution in [0, 0.1) is 6.92 Å². The molecule has 2 aliphatic carbocycles. The quantitative estimate of drug-likeness (QED) is 0.301. The molecule has 188 valence electrons. The van der Waals surface area contributed by atoms with E-state index in [1.54, 1.807) is 24.4 Å². The van der Waals surface area contributed by atoms with Crippen molar-refractivity contribution in [2.75, 3.05) is 12.2 Å². The summed E-state index contributed by atoms with van der Waals surface area (Å²) < 4.78 is 0. The zero-order chi connectivity index (χ0) is 26.7. The van der Waals surface area contributed by atoms with Crippen LogP contribution in [-0.2, 0) is 17.7 Å². The normalized spacial score (nSPS) is 13.7. The van der Waals surface area contributed by atoms with E-state index < -0.39 is 5.91 Å². The molecule has 0 saturated carbocycles. The predicted octanol–water partition coefficient (Wildman–Crippen LogP) is 4.86. The van der Waals surface area contributed by atoms with Crippen LogP contribution in [0.3, 0.4) is 0 Å². The molecule has 0 atom stereocenters. The van der Waals surface area contributed by atoms with E-state index in [-0.39, 0.29) is 39.6 Å². The summed E-state index contributed by atoms with van der Waals surface area (Å²) in [6, 6.07) is 9.93. The summed E-state index contributed by atoms with van der Waals surface area (Å²) in [6.45, 7) is 1.83. The van der Waals surface area contributed by atoms with Gasteiger partial charge in [0.2, 0.25) is 0 Å². The van der Waals surface area contributed by atoms with Crippen LogP contribution in [0.2, 0.25) is 0 Å². The molecule has 38 heavy (non-hydrogen) atoms. The maximum atomic E-state index is 13.6. The molecule has 0 fully saturated rings. The van der Waals surface area contributed by atoms with Crippen molar-refractivity contribution in [3.63, 3.8) is 0 Å². The van der Waals surface area contributed by atoms with Gasteiger partial charge in [-0.15, -0.1) is 0 Å². The van der Waals surface area contributed by atoms with E-state index in [1.165, 1.54) is 37.6 Å². The molecule has 4 aromatic rings. The van der Waals surface area contributed by atoms with Crippen molar-refractivity contribution in [2.24, 2.45) is 0 Å². The van der Waals surface area contributed by atoms with Gasteiger partial charge in [0, 0.05) is 44.8 Å². The molecular weight excluding hydrogens is 484 g/mol. The van der Waals surface area contributed by atoms with Crippen LogP contribution in [0.25, 0.3) is 21.9 Å². The molecular formula is C30H22N2O6. The Labute approximate surface area is 217 Å². The molecule has 1 amide bonds. The van der Waals surface area contributed by atoms with Gasteiger partial charge < -0.3 is 10.2 Å². The SMILES string of the molecule is CON(C(=O)c1cc2c(cc1C)CCc1c-2c(O)c2cc3c(cc2c1O)C(=O)C=CC3=O)c1cccnc1. The van der Waals surface area contributed by atoms with E-state index in [9.17, 15) is 24.6 Å². The maximum Gasteiger partial charge on any atom is 0.282 e. The van der Waals surface area contributed by atoms with E-state index in [1.807, 2.05) is 13.0 Å². The summed E-state index contributed by atoms with van der Waals surface area (Å²) in [5.74, 6) is -1.28. The highest BCUT2D eigenvalue weighted by atomic mass is 16.7. The number of allylic oxidation sites excluding steroid dienone is 2. The number of nitrogens with zero attached hydrogens (tertiary/aromatic N) is 2. The Morgan fingerprint density at radius 2 is 1.63 bits per heavy atom. The fraction of sp³-hybridized carbons (Fsp3) is 0.133. The Morgan fingerprint density at radius 3 is 2.26 bits per heavy atom. The number of fused-ring (bicyclic) bond motifs is 5. The number of phenols is 2. The van der Waals surface area contributed by atoms with E-state index in [0.29, 0.717) is 46.2 Å². The number of aryl methyl sites for hydroxylation is 2. The third-order valence-electron chi connectivity index (χ3n) is 7.25. The summed E-state index contributed by atoms with van der Waals surface area (Å²) in [5, 5.41) is 24.5. The number of carbonyl (C=O) groups excluding carboxylic acids is 3. The van der Waals surface area contributed by atoms with Crippen molar-refractivity contribution in [1.29, 1.82) is 0 Å². The van der Waals surface area contributed by atoms with Crippen LogP contribution >= 0.6 is 0 Å².